The van der Waals surface area contributed by atoms with Gasteiger partial charge in [0.1, 0.15) is 0 Å². The Morgan fingerprint density at radius 1 is 0.429 bits per heavy atom. The molecular weight excluding hydrogens is 168 g/mol. The lowest BCUT2D eigenvalue weighted by Gasteiger charge is -2.57. The molecule has 0 N–H and O–H groups in total. The minimum absolute atomic E-state index is 1.21. The molecule has 4 unspecified atom stereocenters. The summed E-state index contributed by atoms with van der Waals surface area (Å²) >= 11 is 0. The van der Waals surface area contributed by atoms with Gasteiger partial charge >= 0.3 is 0 Å². The number of fused-ring (bicyclic) bond motifs is 12. The highest BCUT2D eigenvalue weighted by Gasteiger charge is 2.69. The quantitative estimate of drug-likeness (QED) is 0.547. The van der Waals surface area contributed by atoms with Crippen LogP contribution in [0.15, 0.2) is 0 Å². The van der Waals surface area contributed by atoms with Gasteiger partial charge in [-0.1, -0.05) is 0 Å². The number of rotatable bonds is 0. The van der Waals surface area contributed by atoms with Gasteiger partial charge in [-0.15, -0.1) is 0 Å². The van der Waals surface area contributed by atoms with Gasteiger partial charge < -0.3 is 0 Å². The zero-order valence-electron chi connectivity index (χ0n) is 8.86. The van der Waals surface area contributed by atoms with Crippen LogP contribution in [-0.4, -0.2) is 0 Å². The highest BCUT2D eigenvalue weighted by atomic mass is 14.7. The molecule has 5 fully saturated rings. The first-order valence-corrected chi connectivity index (χ1v) is 6.93. The second kappa shape index (κ2) is 2.08. The van der Waals surface area contributed by atoms with Crippen LogP contribution in [0, 0.1) is 47.3 Å². The largest absolute Gasteiger partial charge is 0.0499 e. The molecule has 0 saturated heterocycles. The minimum Gasteiger partial charge on any atom is -0.0499 e. The summed E-state index contributed by atoms with van der Waals surface area (Å²) in [4.78, 5) is 0. The summed E-state index contributed by atoms with van der Waals surface area (Å²) < 4.78 is 0. The maximum atomic E-state index is 1.65. The van der Waals surface area contributed by atoms with Crippen molar-refractivity contribution in [2.24, 2.45) is 47.3 Å². The van der Waals surface area contributed by atoms with E-state index in [-0.39, 0.29) is 0 Å². The van der Waals surface area contributed by atoms with Crippen LogP contribution in [0.4, 0.5) is 0 Å². The Labute approximate surface area is 86.5 Å². The molecule has 5 aliphatic carbocycles. The van der Waals surface area contributed by atoms with Crippen molar-refractivity contribution in [3.63, 3.8) is 0 Å². The van der Waals surface area contributed by atoms with Crippen molar-refractivity contribution >= 4 is 0 Å². The summed E-state index contributed by atoms with van der Waals surface area (Å²) in [7, 11) is 0. The lowest BCUT2D eigenvalue weighted by molar-refractivity contribution is -0.0918. The minimum atomic E-state index is 1.21. The average molecular weight is 188 g/mol. The normalized spacial score (nSPS) is 72.0. The van der Waals surface area contributed by atoms with Gasteiger partial charge in [-0.05, 0) is 85.9 Å². The van der Waals surface area contributed by atoms with Crippen molar-refractivity contribution in [2.75, 3.05) is 0 Å². The Hall–Kier alpha value is 0. The van der Waals surface area contributed by atoms with E-state index in [1.54, 1.807) is 38.5 Å². The molecule has 0 heterocycles. The summed E-state index contributed by atoms with van der Waals surface area (Å²) in [5.74, 6) is 9.89. The average Bonchev–Trinajstić information content (AvgIpc) is 2.82. The molecule has 0 heteroatoms. The van der Waals surface area contributed by atoms with Crippen molar-refractivity contribution in [1.82, 2.24) is 0 Å². The van der Waals surface area contributed by atoms with Gasteiger partial charge in [0.2, 0.25) is 0 Å². The van der Waals surface area contributed by atoms with Crippen LogP contribution in [0.3, 0.4) is 0 Å². The van der Waals surface area contributed by atoms with E-state index in [4.69, 9.17) is 0 Å². The van der Waals surface area contributed by atoms with Crippen LogP contribution >= 0.6 is 0 Å². The molecule has 4 atom stereocenters. The molecule has 0 nitrogen and oxygen atoms in total. The molecule has 5 rings (SSSR count). The first kappa shape index (κ1) is 7.30. The molecular formula is C14H20. The smallest absolute Gasteiger partial charge is 0.0318 e. The van der Waals surface area contributed by atoms with E-state index in [0.717, 1.165) is 0 Å². The fourth-order valence-electron chi connectivity index (χ4n) is 6.90. The predicted octanol–water partition coefficient (Wildman–Crippen LogP) is 3.32. The molecule has 76 valence electrons. The lowest BCUT2D eigenvalue weighted by Crippen LogP contribution is -2.52. The van der Waals surface area contributed by atoms with Gasteiger partial charge in [-0.2, -0.15) is 0 Å². The van der Waals surface area contributed by atoms with E-state index in [9.17, 15) is 0 Å². The highest BCUT2D eigenvalue weighted by Crippen LogP contribution is 2.75. The molecule has 0 aliphatic heterocycles. The third kappa shape index (κ3) is 0.581. The molecule has 0 aromatic heterocycles. The maximum Gasteiger partial charge on any atom is -0.0318 e. The third-order valence-corrected chi connectivity index (χ3v) is 6.98. The molecule has 0 amide bonds. The molecule has 4 bridgehead atoms. The molecule has 0 aromatic rings. The van der Waals surface area contributed by atoms with E-state index < -0.39 is 0 Å². The Morgan fingerprint density at radius 3 is 1.00 bits per heavy atom. The molecule has 0 aromatic carbocycles. The zero-order chi connectivity index (χ0) is 8.86. The van der Waals surface area contributed by atoms with Crippen LogP contribution in [0.5, 0.6) is 0 Å². The van der Waals surface area contributed by atoms with E-state index in [0.29, 0.717) is 0 Å². The first-order chi connectivity index (χ1) is 6.93. The Balaban J connectivity index is 1.58. The first-order valence-electron chi connectivity index (χ1n) is 6.93. The van der Waals surface area contributed by atoms with Crippen molar-refractivity contribution in [3.05, 3.63) is 0 Å². The third-order valence-electron chi connectivity index (χ3n) is 6.98. The van der Waals surface area contributed by atoms with Crippen molar-refractivity contribution < 1.29 is 0 Å². The summed E-state index contributed by atoms with van der Waals surface area (Å²) in [6, 6.07) is 0. The zero-order valence-corrected chi connectivity index (χ0v) is 8.86. The molecule has 0 spiro atoms. The molecule has 0 radical (unpaired) electrons. The van der Waals surface area contributed by atoms with Gasteiger partial charge in [0, 0.05) is 0 Å². The number of hydrogen-bond donors (Lipinski definition) is 0. The van der Waals surface area contributed by atoms with Crippen LogP contribution in [0.2, 0.25) is 0 Å². The fraction of sp³-hybridized carbons (Fsp3) is 1.00. The van der Waals surface area contributed by atoms with E-state index in [2.05, 4.69) is 0 Å². The van der Waals surface area contributed by atoms with Gasteiger partial charge in [0.05, 0.1) is 0 Å². The summed E-state index contributed by atoms with van der Waals surface area (Å²) in [6.45, 7) is 0. The summed E-state index contributed by atoms with van der Waals surface area (Å²) in [5.41, 5.74) is 0. The van der Waals surface area contributed by atoms with Gasteiger partial charge in [0.15, 0.2) is 0 Å². The van der Waals surface area contributed by atoms with E-state index in [1.165, 1.54) is 47.3 Å². The van der Waals surface area contributed by atoms with Crippen LogP contribution in [0.25, 0.3) is 0 Å². The van der Waals surface area contributed by atoms with Crippen molar-refractivity contribution in [1.29, 1.82) is 0 Å². The second-order valence-corrected chi connectivity index (χ2v) is 6.98. The monoisotopic (exact) mass is 188 g/mol. The van der Waals surface area contributed by atoms with Crippen molar-refractivity contribution in [3.8, 4) is 0 Å². The van der Waals surface area contributed by atoms with Gasteiger partial charge in [-0.25, -0.2) is 0 Å². The topological polar surface area (TPSA) is 0 Å². The Morgan fingerprint density at radius 2 is 0.714 bits per heavy atom. The lowest BCUT2D eigenvalue weighted by atomic mass is 9.48. The predicted molar refractivity (Wildman–Crippen MR) is 55.6 cm³/mol. The SMILES string of the molecule is C1CC2CC1C1C2C2C3CCC(C3)C12. The van der Waals surface area contributed by atoms with Crippen LogP contribution in [0.1, 0.15) is 38.5 Å². The highest BCUT2D eigenvalue weighted by molar-refractivity contribution is 5.17. The second-order valence-electron chi connectivity index (χ2n) is 6.98. The van der Waals surface area contributed by atoms with Gasteiger partial charge in [-0.3, -0.25) is 0 Å². The molecule has 14 heavy (non-hydrogen) atoms. The Bertz CT molecular complexity index is 228. The summed E-state index contributed by atoms with van der Waals surface area (Å²) in [5, 5.41) is 0. The van der Waals surface area contributed by atoms with E-state index >= 15 is 0 Å². The standard InChI is InChI=1S/C14H20/c1-2-8-5-7(1)11-12(8)14-10-4-3-9(6-10)13(11)14/h7-14H,1-6H2. The number of hydrogen-bond acceptors (Lipinski definition) is 0. The summed E-state index contributed by atoms with van der Waals surface area (Å²) in [6.07, 6.45) is 9.78. The van der Waals surface area contributed by atoms with Crippen molar-refractivity contribution in [2.45, 2.75) is 38.5 Å². The molecule has 5 aliphatic rings. The maximum absolute atomic E-state index is 1.65. The Kier molecular flexibility index (Phi) is 1.08. The van der Waals surface area contributed by atoms with Gasteiger partial charge in [0.25, 0.3) is 0 Å². The van der Waals surface area contributed by atoms with Crippen LogP contribution in [-0.2, 0) is 0 Å². The van der Waals surface area contributed by atoms with Crippen LogP contribution < -0.4 is 0 Å². The fourth-order valence-corrected chi connectivity index (χ4v) is 6.90. The molecule has 5 saturated carbocycles. The van der Waals surface area contributed by atoms with E-state index in [1.807, 2.05) is 0 Å².